The van der Waals surface area contributed by atoms with Gasteiger partial charge in [0.25, 0.3) is 0 Å². The van der Waals surface area contributed by atoms with Crippen LogP contribution in [0, 0.1) is 0 Å². The molecule has 2 rings (SSSR count). The van der Waals surface area contributed by atoms with Crippen LogP contribution in [0.3, 0.4) is 0 Å². The highest BCUT2D eigenvalue weighted by atomic mass is 16.3. The molecule has 0 saturated carbocycles. The van der Waals surface area contributed by atoms with Crippen LogP contribution >= 0.6 is 0 Å². The van der Waals surface area contributed by atoms with Crippen molar-refractivity contribution in [2.24, 2.45) is 0 Å². The van der Waals surface area contributed by atoms with Gasteiger partial charge in [-0.2, -0.15) is 0 Å². The molecule has 1 aliphatic heterocycles. The molecule has 5 heteroatoms. The first-order valence-electron chi connectivity index (χ1n) is 6.83. The zero-order valence-electron chi connectivity index (χ0n) is 11.9. The summed E-state index contributed by atoms with van der Waals surface area (Å²) in [5, 5.41) is 3.56. The molecule has 0 aliphatic carbocycles. The molecular formula is C14H23N3O2. The van der Waals surface area contributed by atoms with E-state index in [0.717, 1.165) is 31.7 Å². The molecule has 0 aromatic carbocycles. The Hall–Kier alpha value is -1.49. The fraction of sp³-hybridized carbons (Fsp3) is 0.643. The lowest BCUT2D eigenvalue weighted by molar-refractivity contribution is 0.150. The van der Waals surface area contributed by atoms with Crippen molar-refractivity contribution in [2.45, 2.75) is 31.8 Å². The van der Waals surface area contributed by atoms with Crippen LogP contribution in [0.15, 0.2) is 22.8 Å². The molecule has 106 valence electrons. The molecule has 2 amide bonds. The van der Waals surface area contributed by atoms with Crippen LogP contribution in [0.25, 0.3) is 0 Å². The van der Waals surface area contributed by atoms with E-state index in [9.17, 15) is 4.79 Å². The number of piperidine rings is 1. The van der Waals surface area contributed by atoms with Gasteiger partial charge in [-0.05, 0) is 31.9 Å². The SMILES string of the molecule is C[C@H](NC1CCN(C(=O)N(C)C)CC1)c1ccco1. The van der Waals surface area contributed by atoms with Gasteiger partial charge in [-0.15, -0.1) is 0 Å². The van der Waals surface area contributed by atoms with Crippen molar-refractivity contribution in [1.82, 2.24) is 15.1 Å². The molecule has 0 radical (unpaired) electrons. The van der Waals surface area contributed by atoms with E-state index in [1.54, 1.807) is 25.3 Å². The van der Waals surface area contributed by atoms with Gasteiger partial charge in [0.2, 0.25) is 0 Å². The van der Waals surface area contributed by atoms with Crippen LogP contribution in [-0.4, -0.2) is 49.1 Å². The Labute approximate surface area is 114 Å². The van der Waals surface area contributed by atoms with Crippen LogP contribution in [0.2, 0.25) is 0 Å². The highest BCUT2D eigenvalue weighted by Crippen LogP contribution is 2.18. The molecule has 19 heavy (non-hydrogen) atoms. The van der Waals surface area contributed by atoms with Crippen molar-refractivity contribution < 1.29 is 9.21 Å². The van der Waals surface area contributed by atoms with Crippen molar-refractivity contribution in [3.63, 3.8) is 0 Å². The van der Waals surface area contributed by atoms with Crippen molar-refractivity contribution >= 4 is 6.03 Å². The second-order valence-electron chi connectivity index (χ2n) is 5.34. The Morgan fingerprint density at radius 2 is 2.16 bits per heavy atom. The van der Waals surface area contributed by atoms with Crippen molar-refractivity contribution in [3.8, 4) is 0 Å². The van der Waals surface area contributed by atoms with E-state index in [4.69, 9.17) is 4.42 Å². The summed E-state index contributed by atoms with van der Waals surface area (Å²) in [5.41, 5.74) is 0. The Kier molecular flexibility index (Phi) is 4.47. The Balaban J connectivity index is 1.79. The molecule has 1 aromatic heterocycles. The summed E-state index contributed by atoms with van der Waals surface area (Å²) in [7, 11) is 3.59. The van der Waals surface area contributed by atoms with Gasteiger partial charge in [0.1, 0.15) is 5.76 Å². The number of carbonyl (C=O) groups excluding carboxylic acids is 1. The molecule has 1 N–H and O–H groups in total. The number of nitrogens with zero attached hydrogens (tertiary/aromatic N) is 2. The maximum Gasteiger partial charge on any atom is 0.319 e. The summed E-state index contributed by atoms with van der Waals surface area (Å²) >= 11 is 0. The quantitative estimate of drug-likeness (QED) is 0.910. The molecule has 2 heterocycles. The molecule has 1 saturated heterocycles. The predicted molar refractivity (Wildman–Crippen MR) is 73.9 cm³/mol. The molecule has 0 unspecified atom stereocenters. The number of likely N-dealkylation sites (tertiary alicyclic amines) is 1. The Morgan fingerprint density at radius 3 is 2.68 bits per heavy atom. The lowest BCUT2D eigenvalue weighted by Gasteiger charge is -2.34. The standard InChI is InChI=1S/C14H23N3O2/c1-11(13-5-4-10-19-13)15-12-6-8-17(9-7-12)14(18)16(2)3/h4-5,10-12,15H,6-9H2,1-3H3/t11-/m0/s1. The number of hydrogen-bond acceptors (Lipinski definition) is 3. The van der Waals surface area contributed by atoms with Gasteiger partial charge in [-0.25, -0.2) is 4.79 Å². The van der Waals surface area contributed by atoms with Crippen molar-refractivity contribution in [2.75, 3.05) is 27.2 Å². The minimum atomic E-state index is 0.109. The minimum absolute atomic E-state index is 0.109. The monoisotopic (exact) mass is 265 g/mol. The molecule has 1 atom stereocenters. The maximum absolute atomic E-state index is 11.8. The first-order chi connectivity index (χ1) is 9.08. The number of nitrogens with one attached hydrogen (secondary N) is 1. The highest BCUT2D eigenvalue weighted by molar-refractivity contribution is 5.73. The van der Waals surface area contributed by atoms with Gasteiger partial charge in [-0.3, -0.25) is 0 Å². The lowest BCUT2D eigenvalue weighted by atomic mass is 10.0. The lowest BCUT2D eigenvalue weighted by Crippen LogP contribution is -2.48. The Bertz CT molecular complexity index is 395. The van der Waals surface area contributed by atoms with Gasteiger partial charge in [-0.1, -0.05) is 0 Å². The summed E-state index contributed by atoms with van der Waals surface area (Å²) in [4.78, 5) is 15.4. The predicted octanol–water partition coefficient (Wildman–Crippen LogP) is 2.08. The van der Waals surface area contributed by atoms with Crippen LogP contribution in [0.1, 0.15) is 31.6 Å². The smallest absolute Gasteiger partial charge is 0.319 e. The number of urea groups is 1. The molecule has 1 aliphatic rings. The van der Waals surface area contributed by atoms with E-state index in [1.807, 2.05) is 17.0 Å². The second-order valence-corrected chi connectivity index (χ2v) is 5.34. The van der Waals surface area contributed by atoms with Crippen LogP contribution in [0.4, 0.5) is 4.79 Å². The second kappa shape index (κ2) is 6.10. The van der Waals surface area contributed by atoms with Crippen LogP contribution in [0.5, 0.6) is 0 Å². The van der Waals surface area contributed by atoms with Gasteiger partial charge in [0.15, 0.2) is 0 Å². The van der Waals surface area contributed by atoms with E-state index in [2.05, 4.69) is 12.2 Å². The molecule has 5 nitrogen and oxygen atoms in total. The highest BCUT2D eigenvalue weighted by Gasteiger charge is 2.24. The fourth-order valence-electron chi connectivity index (χ4n) is 2.49. The van der Waals surface area contributed by atoms with Gasteiger partial charge < -0.3 is 19.5 Å². The first-order valence-corrected chi connectivity index (χ1v) is 6.83. The van der Waals surface area contributed by atoms with E-state index in [1.165, 1.54) is 0 Å². The average molecular weight is 265 g/mol. The van der Waals surface area contributed by atoms with E-state index < -0.39 is 0 Å². The number of amides is 2. The summed E-state index contributed by atoms with van der Waals surface area (Å²) < 4.78 is 5.39. The minimum Gasteiger partial charge on any atom is -0.468 e. The normalized spacial score (nSPS) is 18.4. The third-order valence-electron chi connectivity index (χ3n) is 3.60. The zero-order valence-corrected chi connectivity index (χ0v) is 11.9. The van der Waals surface area contributed by atoms with E-state index >= 15 is 0 Å². The number of carbonyl (C=O) groups is 1. The third kappa shape index (κ3) is 3.50. The molecule has 0 spiro atoms. The molecular weight excluding hydrogens is 242 g/mol. The number of rotatable bonds is 3. The van der Waals surface area contributed by atoms with Crippen LogP contribution in [-0.2, 0) is 0 Å². The van der Waals surface area contributed by atoms with Gasteiger partial charge in [0, 0.05) is 33.2 Å². The number of hydrogen-bond donors (Lipinski definition) is 1. The molecule has 1 aromatic rings. The summed E-state index contributed by atoms with van der Waals surface area (Å²) in [5.74, 6) is 0.965. The zero-order chi connectivity index (χ0) is 13.8. The summed E-state index contributed by atoms with van der Waals surface area (Å²) in [6.45, 7) is 3.75. The maximum atomic E-state index is 11.8. The van der Waals surface area contributed by atoms with Crippen molar-refractivity contribution in [3.05, 3.63) is 24.2 Å². The molecule has 0 bridgehead atoms. The molecule has 1 fully saturated rings. The number of furan rings is 1. The first kappa shape index (κ1) is 13.9. The topological polar surface area (TPSA) is 48.7 Å². The van der Waals surface area contributed by atoms with Gasteiger partial charge >= 0.3 is 6.03 Å². The summed E-state index contributed by atoms with van der Waals surface area (Å²) in [6, 6.07) is 4.67. The van der Waals surface area contributed by atoms with E-state index in [0.29, 0.717) is 6.04 Å². The van der Waals surface area contributed by atoms with Crippen LogP contribution < -0.4 is 5.32 Å². The fourth-order valence-corrected chi connectivity index (χ4v) is 2.49. The van der Waals surface area contributed by atoms with E-state index in [-0.39, 0.29) is 12.1 Å². The Morgan fingerprint density at radius 1 is 1.47 bits per heavy atom. The largest absolute Gasteiger partial charge is 0.468 e. The summed E-state index contributed by atoms with van der Waals surface area (Å²) in [6.07, 6.45) is 3.68. The van der Waals surface area contributed by atoms with Crippen molar-refractivity contribution in [1.29, 1.82) is 0 Å². The van der Waals surface area contributed by atoms with Gasteiger partial charge in [0.05, 0.1) is 12.3 Å². The average Bonchev–Trinajstić information content (AvgIpc) is 2.92. The third-order valence-corrected chi connectivity index (χ3v) is 3.60.